The first-order valence-corrected chi connectivity index (χ1v) is 7.02. The second-order valence-corrected chi connectivity index (χ2v) is 5.74. The molecule has 0 aromatic carbocycles. The van der Waals surface area contributed by atoms with E-state index >= 15 is 0 Å². The third kappa shape index (κ3) is 4.75. The second-order valence-electron chi connectivity index (χ2n) is 4.26. The van der Waals surface area contributed by atoms with Crippen molar-refractivity contribution in [2.24, 2.45) is 0 Å². The molecular formula is C10H20N2O2S. The fourth-order valence-electron chi connectivity index (χ4n) is 1.46. The van der Waals surface area contributed by atoms with Gasteiger partial charge in [-0.2, -0.15) is 0 Å². The average molecular weight is 232 g/mol. The highest BCUT2D eigenvalue weighted by Gasteiger charge is 2.29. The quantitative estimate of drug-likeness (QED) is 0.699. The Bertz CT molecular complexity index is 254. The Kier molecular flexibility index (Phi) is 4.73. The van der Waals surface area contributed by atoms with Gasteiger partial charge in [0.15, 0.2) is 0 Å². The fraction of sp³-hybridized carbons (Fsp3) is 0.900. The van der Waals surface area contributed by atoms with Gasteiger partial charge in [0, 0.05) is 41.9 Å². The summed E-state index contributed by atoms with van der Waals surface area (Å²) in [7, 11) is 1.05. The third-order valence-electron chi connectivity index (χ3n) is 2.57. The predicted molar refractivity (Wildman–Crippen MR) is 62.2 cm³/mol. The van der Waals surface area contributed by atoms with Crippen molar-refractivity contribution < 1.29 is 9.00 Å². The van der Waals surface area contributed by atoms with Gasteiger partial charge in [-0.3, -0.25) is 9.00 Å². The Labute approximate surface area is 93.9 Å². The molecule has 1 fully saturated rings. The minimum absolute atomic E-state index is 0.131. The van der Waals surface area contributed by atoms with Gasteiger partial charge in [0.25, 0.3) is 0 Å². The van der Waals surface area contributed by atoms with E-state index in [1.54, 1.807) is 6.26 Å². The lowest BCUT2D eigenvalue weighted by Gasteiger charge is -2.18. The SMILES string of the molecule is CC(CS(C)=O)NCC(=O)N(C)C1CC1. The van der Waals surface area contributed by atoms with E-state index in [4.69, 9.17) is 0 Å². The largest absolute Gasteiger partial charge is 0.342 e. The summed E-state index contributed by atoms with van der Waals surface area (Å²) >= 11 is 0. The van der Waals surface area contributed by atoms with E-state index in [0.717, 1.165) is 12.8 Å². The second kappa shape index (κ2) is 5.61. The van der Waals surface area contributed by atoms with Crippen molar-refractivity contribution in [2.45, 2.75) is 31.8 Å². The third-order valence-corrected chi connectivity index (χ3v) is 3.54. The molecule has 2 atom stereocenters. The molecule has 1 rings (SSSR count). The molecule has 0 heterocycles. The van der Waals surface area contributed by atoms with E-state index in [0.29, 0.717) is 18.3 Å². The summed E-state index contributed by atoms with van der Waals surface area (Å²) in [6.07, 6.45) is 3.95. The van der Waals surface area contributed by atoms with Crippen LogP contribution >= 0.6 is 0 Å². The Hall–Kier alpha value is -0.420. The maximum absolute atomic E-state index is 11.6. The van der Waals surface area contributed by atoms with Gasteiger partial charge in [0.2, 0.25) is 5.91 Å². The molecule has 88 valence electrons. The molecule has 0 radical (unpaired) electrons. The van der Waals surface area contributed by atoms with Crippen molar-refractivity contribution in [2.75, 3.05) is 25.6 Å². The van der Waals surface area contributed by atoms with Gasteiger partial charge in [-0.25, -0.2) is 0 Å². The summed E-state index contributed by atoms with van der Waals surface area (Å²) in [5.74, 6) is 0.728. The van der Waals surface area contributed by atoms with E-state index in [2.05, 4.69) is 5.32 Å². The molecule has 1 saturated carbocycles. The number of amides is 1. The highest BCUT2D eigenvalue weighted by atomic mass is 32.2. The van der Waals surface area contributed by atoms with Crippen LogP contribution in [0.4, 0.5) is 0 Å². The van der Waals surface area contributed by atoms with Crippen molar-refractivity contribution >= 4 is 16.7 Å². The maximum Gasteiger partial charge on any atom is 0.236 e. The molecule has 0 aliphatic heterocycles. The summed E-state index contributed by atoms with van der Waals surface area (Å²) in [5, 5.41) is 3.09. The summed E-state index contributed by atoms with van der Waals surface area (Å²) in [5.41, 5.74) is 0. The predicted octanol–water partition coefficient (Wildman–Crippen LogP) is -0.0362. The van der Waals surface area contributed by atoms with Crippen LogP contribution in [0.15, 0.2) is 0 Å². The molecule has 0 aromatic heterocycles. The van der Waals surface area contributed by atoms with E-state index in [1.165, 1.54) is 0 Å². The number of hydrogen-bond acceptors (Lipinski definition) is 3. The Morgan fingerprint density at radius 2 is 2.20 bits per heavy atom. The van der Waals surface area contributed by atoms with Crippen LogP contribution in [0.3, 0.4) is 0 Å². The molecule has 15 heavy (non-hydrogen) atoms. The highest BCUT2D eigenvalue weighted by Crippen LogP contribution is 2.24. The van der Waals surface area contributed by atoms with Gasteiger partial charge in [0.05, 0.1) is 6.54 Å². The van der Waals surface area contributed by atoms with Gasteiger partial charge in [-0.1, -0.05) is 0 Å². The maximum atomic E-state index is 11.6. The first kappa shape index (κ1) is 12.6. The van der Waals surface area contributed by atoms with Gasteiger partial charge in [-0.05, 0) is 19.8 Å². The standard InChI is InChI=1S/C10H20N2O2S/c1-8(7-15(3)14)11-6-10(13)12(2)9-4-5-9/h8-9,11H,4-7H2,1-3H3. The lowest BCUT2D eigenvalue weighted by molar-refractivity contribution is -0.129. The smallest absolute Gasteiger partial charge is 0.236 e. The topological polar surface area (TPSA) is 49.4 Å². The molecule has 1 amide bonds. The van der Waals surface area contributed by atoms with Crippen molar-refractivity contribution in [3.05, 3.63) is 0 Å². The molecule has 0 bridgehead atoms. The van der Waals surface area contributed by atoms with Crippen LogP contribution in [0.5, 0.6) is 0 Å². The molecule has 1 N–H and O–H groups in total. The number of hydrogen-bond donors (Lipinski definition) is 1. The molecular weight excluding hydrogens is 212 g/mol. The van der Waals surface area contributed by atoms with Crippen molar-refractivity contribution in [3.8, 4) is 0 Å². The zero-order valence-electron chi connectivity index (χ0n) is 9.66. The van der Waals surface area contributed by atoms with Gasteiger partial charge in [-0.15, -0.1) is 0 Å². The number of carbonyl (C=O) groups excluding carboxylic acids is 1. The molecule has 1 aliphatic rings. The number of rotatable bonds is 6. The molecule has 2 unspecified atom stereocenters. The minimum atomic E-state index is -0.805. The van der Waals surface area contributed by atoms with Crippen LogP contribution in [0.2, 0.25) is 0 Å². The van der Waals surface area contributed by atoms with Gasteiger partial charge < -0.3 is 10.2 Å². The Morgan fingerprint density at radius 1 is 1.60 bits per heavy atom. The molecule has 0 saturated heterocycles. The van der Waals surface area contributed by atoms with Crippen LogP contribution < -0.4 is 5.32 Å². The zero-order valence-corrected chi connectivity index (χ0v) is 10.5. The van der Waals surface area contributed by atoms with Gasteiger partial charge >= 0.3 is 0 Å². The zero-order chi connectivity index (χ0) is 11.4. The highest BCUT2D eigenvalue weighted by molar-refractivity contribution is 7.84. The number of carbonyl (C=O) groups is 1. The molecule has 1 aliphatic carbocycles. The van der Waals surface area contributed by atoms with Crippen molar-refractivity contribution in [1.82, 2.24) is 10.2 Å². The van der Waals surface area contributed by atoms with Crippen LogP contribution in [0.25, 0.3) is 0 Å². The van der Waals surface area contributed by atoms with Crippen LogP contribution in [0.1, 0.15) is 19.8 Å². The normalized spacial score (nSPS) is 19.7. The average Bonchev–Trinajstić information content (AvgIpc) is 2.95. The summed E-state index contributed by atoms with van der Waals surface area (Å²) < 4.78 is 10.9. The molecule has 0 spiro atoms. The molecule has 4 nitrogen and oxygen atoms in total. The van der Waals surface area contributed by atoms with E-state index in [-0.39, 0.29) is 11.9 Å². The van der Waals surface area contributed by atoms with E-state index < -0.39 is 10.8 Å². The monoisotopic (exact) mass is 232 g/mol. The van der Waals surface area contributed by atoms with Crippen LogP contribution in [-0.2, 0) is 15.6 Å². The fourth-order valence-corrected chi connectivity index (χ4v) is 2.28. The van der Waals surface area contributed by atoms with E-state index in [1.807, 2.05) is 18.9 Å². The summed E-state index contributed by atoms with van der Waals surface area (Å²) in [4.78, 5) is 13.4. The van der Waals surface area contributed by atoms with Gasteiger partial charge in [0.1, 0.15) is 0 Å². The van der Waals surface area contributed by atoms with Crippen LogP contribution in [-0.4, -0.2) is 52.7 Å². The van der Waals surface area contributed by atoms with E-state index in [9.17, 15) is 9.00 Å². The Balaban J connectivity index is 2.17. The summed E-state index contributed by atoms with van der Waals surface area (Å²) in [6, 6.07) is 0.599. The Morgan fingerprint density at radius 3 is 2.67 bits per heavy atom. The number of nitrogens with zero attached hydrogens (tertiary/aromatic N) is 1. The summed E-state index contributed by atoms with van der Waals surface area (Å²) in [6.45, 7) is 2.30. The molecule has 5 heteroatoms. The van der Waals surface area contributed by atoms with Crippen LogP contribution in [0, 0.1) is 0 Å². The first-order valence-electron chi connectivity index (χ1n) is 5.29. The van der Waals surface area contributed by atoms with Crippen molar-refractivity contribution in [3.63, 3.8) is 0 Å². The van der Waals surface area contributed by atoms with Crippen molar-refractivity contribution in [1.29, 1.82) is 0 Å². The number of nitrogens with one attached hydrogen (secondary N) is 1. The first-order chi connectivity index (χ1) is 7.00. The molecule has 0 aromatic rings. The number of likely N-dealkylation sites (N-methyl/N-ethyl adjacent to an activating group) is 1. The lowest BCUT2D eigenvalue weighted by Crippen LogP contribution is -2.41. The lowest BCUT2D eigenvalue weighted by atomic mass is 10.4. The minimum Gasteiger partial charge on any atom is -0.342 e.